The summed E-state index contributed by atoms with van der Waals surface area (Å²) in [5, 5.41) is 18.7. The van der Waals surface area contributed by atoms with Crippen molar-refractivity contribution in [3.8, 4) is 0 Å². The van der Waals surface area contributed by atoms with E-state index in [1.54, 1.807) is 12.2 Å². The Morgan fingerprint density at radius 1 is 1.31 bits per heavy atom. The Morgan fingerprint density at radius 3 is 2.77 bits per heavy atom. The molecular formula is C22H34O4. The van der Waals surface area contributed by atoms with Crippen LogP contribution in [0, 0.1) is 17.8 Å². The van der Waals surface area contributed by atoms with Crippen LogP contribution in [0.4, 0.5) is 0 Å². The molecule has 0 amide bonds. The van der Waals surface area contributed by atoms with Gasteiger partial charge in [-0.3, -0.25) is 4.79 Å². The third-order valence-corrected chi connectivity index (χ3v) is 4.96. The summed E-state index contributed by atoms with van der Waals surface area (Å²) in [4.78, 5) is 22.5. The fourth-order valence-corrected chi connectivity index (χ4v) is 3.41. The lowest BCUT2D eigenvalue weighted by Gasteiger charge is -2.16. The molecule has 0 fully saturated rings. The minimum absolute atomic E-state index is 0.0422. The topological polar surface area (TPSA) is 74.6 Å². The zero-order valence-corrected chi connectivity index (χ0v) is 16.1. The number of aliphatic carboxylic acids is 1. The van der Waals surface area contributed by atoms with Crippen molar-refractivity contribution in [3.63, 3.8) is 0 Å². The number of ketones is 1. The molecule has 0 spiro atoms. The van der Waals surface area contributed by atoms with Crippen LogP contribution in [0.2, 0.25) is 0 Å². The Labute approximate surface area is 157 Å². The van der Waals surface area contributed by atoms with E-state index in [0.717, 1.165) is 44.6 Å². The van der Waals surface area contributed by atoms with Crippen molar-refractivity contribution in [1.82, 2.24) is 0 Å². The molecule has 1 aliphatic carbocycles. The summed E-state index contributed by atoms with van der Waals surface area (Å²) < 4.78 is 0. The largest absolute Gasteiger partial charge is 0.478 e. The van der Waals surface area contributed by atoms with Crippen molar-refractivity contribution in [1.29, 1.82) is 0 Å². The van der Waals surface area contributed by atoms with Gasteiger partial charge in [0.25, 0.3) is 0 Å². The molecular weight excluding hydrogens is 328 g/mol. The molecule has 0 aliphatic heterocycles. The zero-order chi connectivity index (χ0) is 19.4. The summed E-state index contributed by atoms with van der Waals surface area (Å²) >= 11 is 0. The first-order valence-corrected chi connectivity index (χ1v) is 9.92. The van der Waals surface area contributed by atoms with Crippen molar-refractivity contribution in [3.05, 3.63) is 36.5 Å². The number of aliphatic hydroxyl groups excluding tert-OH is 1. The summed E-state index contributed by atoms with van der Waals surface area (Å²) in [6.07, 6.45) is 17.3. The fraction of sp³-hybridized carbons (Fsp3) is 0.636. The normalized spacial score (nSPS) is 22.5. The molecule has 0 aromatic carbocycles. The van der Waals surface area contributed by atoms with Crippen LogP contribution in [-0.4, -0.2) is 28.1 Å². The maximum absolute atomic E-state index is 12.1. The molecule has 146 valence electrons. The number of hydrogen-bond donors (Lipinski definition) is 2. The molecule has 4 atom stereocenters. The lowest BCUT2D eigenvalue weighted by Crippen LogP contribution is -2.15. The van der Waals surface area contributed by atoms with E-state index in [9.17, 15) is 14.7 Å². The Kier molecular flexibility index (Phi) is 10.9. The van der Waals surface area contributed by atoms with Gasteiger partial charge in [-0.2, -0.15) is 0 Å². The average Bonchev–Trinajstić information content (AvgIpc) is 2.94. The number of carboxylic acid groups (broad SMARTS) is 1. The molecule has 0 unspecified atom stereocenters. The van der Waals surface area contributed by atoms with Crippen LogP contribution in [0.3, 0.4) is 0 Å². The van der Waals surface area contributed by atoms with Gasteiger partial charge in [0.15, 0.2) is 5.78 Å². The van der Waals surface area contributed by atoms with Crippen LogP contribution < -0.4 is 0 Å². The quantitative estimate of drug-likeness (QED) is 0.283. The molecule has 1 rings (SSSR count). The van der Waals surface area contributed by atoms with E-state index in [2.05, 4.69) is 13.8 Å². The van der Waals surface area contributed by atoms with E-state index >= 15 is 0 Å². The van der Waals surface area contributed by atoms with Crippen molar-refractivity contribution in [2.45, 2.75) is 71.3 Å². The summed E-state index contributed by atoms with van der Waals surface area (Å²) in [5.41, 5.74) is 0. The number of allylic oxidation sites excluding steroid dienone is 4. The predicted octanol–water partition coefficient (Wildman–Crippen LogP) is 4.69. The third kappa shape index (κ3) is 9.14. The molecule has 0 radical (unpaired) electrons. The van der Waals surface area contributed by atoms with E-state index < -0.39 is 12.1 Å². The van der Waals surface area contributed by atoms with Crippen LogP contribution in [0.15, 0.2) is 36.5 Å². The molecule has 2 N–H and O–H groups in total. The highest BCUT2D eigenvalue weighted by atomic mass is 16.4. The van der Waals surface area contributed by atoms with Gasteiger partial charge < -0.3 is 10.2 Å². The predicted molar refractivity (Wildman–Crippen MR) is 105 cm³/mol. The van der Waals surface area contributed by atoms with E-state index in [4.69, 9.17) is 5.11 Å². The van der Waals surface area contributed by atoms with Gasteiger partial charge in [0.2, 0.25) is 0 Å². The Hall–Kier alpha value is -1.68. The molecule has 4 heteroatoms. The number of rotatable bonds is 13. The van der Waals surface area contributed by atoms with E-state index in [0.29, 0.717) is 5.92 Å². The van der Waals surface area contributed by atoms with Crippen molar-refractivity contribution < 1.29 is 19.8 Å². The summed E-state index contributed by atoms with van der Waals surface area (Å²) in [6.45, 7) is 4.35. The van der Waals surface area contributed by atoms with Crippen LogP contribution >= 0.6 is 0 Å². The Balaban J connectivity index is 2.38. The lowest BCUT2D eigenvalue weighted by atomic mass is 9.88. The van der Waals surface area contributed by atoms with Crippen LogP contribution in [0.25, 0.3) is 0 Å². The molecule has 0 bridgehead atoms. The third-order valence-electron chi connectivity index (χ3n) is 4.96. The van der Waals surface area contributed by atoms with Gasteiger partial charge >= 0.3 is 5.97 Å². The van der Waals surface area contributed by atoms with Crippen LogP contribution in [0.5, 0.6) is 0 Å². The summed E-state index contributed by atoms with van der Waals surface area (Å²) in [5.74, 6) is -0.235. The van der Waals surface area contributed by atoms with Gasteiger partial charge in [-0.1, -0.05) is 63.8 Å². The number of unbranched alkanes of at least 4 members (excludes halogenated alkanes) is 3. The van der Waals surface area contributed by atoms with Gasteiger partial charge in [-0.25, -0.2) is 4.79 Å². The van der Waals surface area contributed by atoms with Gasteiger partial charge in [-0.05, 0) is 37.7 Å². The van der Waals surface area contributed by atoms with E-state index in [1.165, 1.54) is 12.8 Å². The maximum Gasteiger partial charge on any atom is 0.327 e. The first kappa shape index (κ1) is 22.4. The van der Waals surface area contributed by atoms with Gasteiger partial charge in [0, 0.05) is 17.9 Å². The fourth-order valence-electron chi connectivity index (χ4n) is 3.41. The number of carbonyl (C=O) groups excluding carboxylic acids is 1. The second kappa shape index (κ2) is 12.6. The molecule has 1 aliphatic rings. The standard InChI is InChI=1S/C22H34O4/c1-3-4-9-17(2)16-19(23)14-12-18-13-15-21(24)20(18)10-7-5-6-8-11-22(25)26/h8,11-15,17-20,23H,3-7,9-10,16H2,1-2H3,(H,25,26)/b11-8+,14-12+/t17-,18-,19+,20-/m0/s1. The number of aliphatic hydroxyl groups is 1. The molecule has 26 heavy (non-hydrogen) atoms. The minimum atomic E-state index is -0.923. The molecule has 0 aromatic rings. The molecule has 0 saturated carbocycles. The monoisotopic (exact) mass is 362 g/mol. The average molecular weight is 363 g/mol. The molecule has 4 nitrogen and oxygen atoms in total. The van der Waals surface area contributed by atoms with Crippen molar-refractivity contribution in [2.75, 3.05) is 0 Å². The highest BCUT2D eigenvalue weighted by Crippen LogP contribution is 2.29. The second-order valence-corrected chi connectivity index (χ2v) is 7.41. The van der Waals surface area contributed by atoms with Crippen LogP contribution in [-0.2, 0) is 9.59 Å². The van der Waals surface area contributed by atoms with E-state index in [1.807, 2.05) is 18.2 Å². The van der Waals surface area contributed by atoms with Gasteiger partial charge in [0.05, 0.1) is 6.10 Å². The van der Waals surface area contributed by atoms with Gasteiger partial charge in [-0.15, -0.1) is 0 Å². The molecule has 0 heterocycles. The lowest BCUT2D eigenvalue weighted by molar-refractivity contribution is -0.131. The van der Waals surface area contributed by atoms with Crippen molar-refractivity contribution in [2.24, 2.45) is 17.8 Å². The van der Waals surface area contributed by atoms with Gasteiger partial charge in [0.1, 0.15) is 0 Å². The number of carbonyl (C=O) groups is 2. The molecule has 0 saturated heterocycles. The highest BCUT2D eigenvalue weighted by molar-refractivity contribution is 5.94. The smallest absolute Gasteiger partial charge is 0.327 e. The SMILES string of the molecule is CCCC[C@H](C)C[C@H](O)/C=C/[C@H]1C=CC(=O)[C@H]1CCCC/C=C/C(=O)O. The number of carboxylic acids is 1. The summed E-state index contributed by atoms with van der Waals surface area (Å²) in [7, 11) is 0. The highest BCUT2D eigenvalue weighted by Gasteiger charge is 2.27. The first-order chi connectivity index (χ1) is 12.4. The van der Waals surface area contributed by atoms with Crippen LogP contribution in [0.1, 0.15) is 65.2 Å². The second-order valence-electron chi connectivity index (χ2n) is 7.41. The van der Waals surface area contributed by atoms with E-state index in [-0.39, 0.29) is 17.6 Å². The Morgan fingerprint density at radius 2 is 2.08 bits per heavy atom. The first-order valence-electron chi connectivity index (χ1n) is 9.92. The maximum atomic E-state index is 12.1. The minimum Gasteiger partial charge on any atom is -0.478 e. The Bertz CT molecular complexity index is 518. The number of hydrogen-bond acceptors (Lipinski definition) is 3. The zero-order valence-electron chi connectivity index (χ0n) is 16.1. The van der Waals surface area contributed by atoms with Crippen molar-refractivity contribution >= 4 is 11.8 Å². The molecule has 0 aromatic heterocycles. The summed E-state index contributed by atoms with van der Waals surface area (Å²) in [6, 6.07) is 0.